The average molecular weight is 408 g/mol. The number of fused-ring (bicyclic) bond motifs is 1. The number of piperazine rings is 1. The Bertz CT molecular complexity index is 1290. The Morgan fingerprint density at radius 2 is 1.61 bits per heavy atom. The zero-order valence-electron chi connectivity index (χ0n) is 17.6. The molecule has 0 N–H and O–H groups in total. The molecule has 1 saturated heterocycles. The average Bonchev–Trinajstić information content (AvgIpc) is 3.25. The van der Waals surface area contributed by atoms with Gasteiger partial charge in [0.2, 0.25) is 0 Å². The van der Waals surface area contributed by atoms with Crippen LogP contribution in [0.25, 0.3) is 21.7 Å². The number of aryl methyl sites for hydroxylation is 2. The van der Waals surface area contributed by atoms with E-state index < -0.39 is 0 Å². The first kappa shape index (κ1) is 18.5. The Kier molecular flexibility index (Phi) is 4.46. The summed E-state index contributed by atoms with van der Waals surface area (Å²) in [5.74, 6) is 0.169. The van der Waals surface area contributed by atoms with Crippen molar-refractivity contribution in [3.8, 4) is 0 Å². The van der Waals surface area contributed by atoms with Crippen LogP contribution >= 0.6 is 0 Å². The molecule has 0 bridgehead atoms. The largest absolute Gasteiger partial charge is 0.336 e. The fourth-order valence-electron chi connectivity index (χ4n) is 5.25. The van der Waals surface area contributed by atoms with Crippen LogP contribution in [0.1, 0.15) is 27.0 Å². The summed E-state index contributed by atoms with van der Waals surface area (Å²) in [6.45, 7) is 4.17. The summed E-state index contributed by atoms with van der Waals surface area (Å²) in [7, 11) is 0. The Morgan fingerprint density at radius 1 is 0.839 bits per heavy atom. The van der Waals surface area contributed by atoms with E-state index in [0.717, 1.165) is 62.0 Å². The standard InChI is InChI=1S/C27H25N3O/c31-27(24-12-11-20-10-9-19-4-2-8-23(24)25(19)20)30-16-14-29(15-17-30)18-22-6-1-5-21-7-3-13-28-26(21)22/h1-8,11-13H,9-10,14-18H2. The molecule has 3 aromatic carbocycles. The Balaban J connectivity index is 1.19. The smallest absolute Gasteiger partial charge is 0.254 e. The predicted molar refractivity (Wildman–Crippen MR) is 124 cm³/mol. The van der Waals surface area contributed by atoms with Crippen molar-refractivity contribution in [3.05, 3.63) is 89.1 Å². The maximum atomic E-state index is 13.4. The first-order valence-corrected chi connectivity index (χ1v) is 11.2. The van der Waals surface area contributed by atoms with Gasteiger partial charge in [-0.3, -0.25) is 14.7 Å². The summed E-state index contributed by atoms with van der Waals surface area (Å²) >= 11 is 0. The summed E-state index contributed by atoms with van der Waals surface area (Å²) in [5.41, 5.74) is 5.96. The number of carbonyl (C=O) groups excluding carboxylic acids is 1. The van der Waals surface area contributed by atoms with E-state index in [1.165, 1.54) is 27.5 Å². The van der Waals surface area contributed by atoms with Crippen molar-refractivity contribution < 1.29 is 4.79 Å². The lowest BCUT2D eigenvalue weighted by atomic mass is 9.99. The van der Waals surface area contributed by atoms with Gasteiger partial charge in [-0.15, -0.1) is 0 Å². The van der Waals surface area contributed by atoms with Crippen LogP contribution in [0.2, 0.25) is 0 Å². The van der Waals surface area contributed by atoms with Gasteiger partial charge < -0.3 is 4.90 Å². The molecule has 4 nitrogen and oxygen atoms in total. The molecule has 1 fully saturated rings. The summed E-state index contributed by atoms with van der Waals surface area (Å²) in [6, 6.07) is 21.1. The molecule has 6 rings (SSSR count). The third kappa shape index (κ3) is 3.19. The van der Waals surface area contributed by atoms with E-state index in [1.807, 2.05) is 23.2 Å². The second-order valence-electron chi connectivity index (χ2n) is 8.67. The first-order chi connectivity index (χ1) is 15.3. The molecule has 0 saturated carbocycles. The molecule has 154 valence electrons. The number of amides is 1. The van der Waals surface area contributed by atoms with Crippen LogP contribution < -0.4 is 0 Å². The van der Waals surface area contributed by atoms with E-state index in [2.05, 4.69) is 58.4 Å². The minimum Gasteiger partial charge on any atom is -0.336 e. The monoisotopic (exact) mass is 407 g/mol. The second-order valence-corrected chi connectivity index (χ2v) is 8.67. The zero-order chi connectivity index (χ0) is 20.8. The fraction of sp³-hybridized carbons (Fsp3) is 0.259. The van der Waals surface area contributed by atoms with Gasteiger partial charge in [-0.1, -0.05) is 48.5 Å². The number of carbonyl (C=O) groups is 1. The van der Waals surface area contributed by atoms with Gasteiger partial charge in [0.25, 0.3) is 5.91 Å². The summed E-state index contributed by atoms with van der Waals surface area (Å²) in [6.07, 6.45) is 4.04. The molecule has 0 atom stereocenters. The molecule has 4 aromatic rings. The molecule has 0 spiro atoms. The molecule has 31 heavy (non-hydrogen) atoms. The van der Waals surface area contributed by atoms with E-state index in [1.54, 1.807) is 0 Å². The van der Waals surface area contributed by atoms with E-state index in [-0.39, 0.29) is 5.91 Å². The Hall–Kier alpha value is -3.24. The minimum absolute atomic E-state index is 0.169. The number of hydrogen-bond donors (Lipinski definition) is 0. The van der Waals surface area contributed by atoms with Crippen molar-refractivity contribution in [2.75, 3.05) is 26.2 Å². The molecule has 2 aliphatic rings. The predicted octanol–water partition coefficient (Wildman–Crippen LogP) is 4.44. The first-order valence-electron chi connectivity index (χ1n) is 11.2. The van der Waals surface area contributed by atoms with Crippen LogP contribution in [-0.4, -0.2) is 46.9 Å². The number of para-hydroxylation sites is 1. The highest BCUT2D eigenvalue weighted by molar-refractivity contribution is 6.09. The van der Waals surface area contributed by atoms with Gasteiger partial charge in [0.05, 0.1) is 5.52 Å². The molecule has 1 aliphatic heterocycles. The maximum Gasteiger partial charge on any atom is 0.254 e. The second kappa shape index (κ2) is 7.47. The van der Waals surface area contributed by atoms with Crippen molar-refractivity contribution in [1.82, 2.24) is 14.8 Å². The maximum absolute atomic E-state index is 13.4. The third-order valence-corrected chi connectivity index (χ3v) is 6.88. The van der Waals surface area contributed by atoms with Crippen molar-refractivity contribution in [2.24, 2.45) is 0 Å². The lowest BCUT2D eigenvalue weighted by Crippen LogP contribution is -2.48. The van der Waals surface area contributed by atoms with E-state index in [9.17, 15) is 4.79 Å². The Morgan fingerprint density at radius 3 is 2.48 bits per heavy atom. The highest BCUT2D eigenvalue weighted by Gasteiger charge is 2.25. The molecule has 1 aromatic heterocycles. The highest BCUT2D eigenvalue weighted by Crippen LogP contribution is 2.33. The number of hydrogen-bond acceptors (Lipinski definition) is 3. The Labute approximate surface area is 182 Å². The van der Waals surface area contributed by atoms with Crippen LogP contribution in [0.4, 0.5) is 0 Å². The van der Waals surface area contributed by atoms with E-state index in [4.69, 9.17) is 0 Å². The third-order valence-electron chi connectivity index (χ3n) is 6.88. The van der Waals surface area contributed by atoms with Gasteiger partial charge in [0.1, 0.15) is 0 Å². The molecular formula is C27H25N3O. The minimum atomic E-state index is 0.169. The van der Waals surface area contributed by atoms with Gasteiger partial charge in [0, 0.05) is 49.9 Å². The molecule has 2 heterocycles. The molecule has 0 radical (unpaired) electrons. The number of aromatic nitrogens is 1. The van der Waals surface area contributed by atoms with Crippen LogP contribution in [0, 0.1) is 0 Å². The normalized spacial score (nSPS) is 16.3. The van der Waals surface area contributed by atoms with Crippen LogP contribution in [0.5, 0.6) is 0 Å². The quantitative estimate of drug-likeness (QED) is 0.504. The summed E-state index contributed by atoms with van der Waals surface area (Å²) in [5, 5.41) is 3.62. The fourth-order valence-corrected chi connectivity index (χ4v) is 5.25. The van der Waals surface area contributed by atoms with Gasteiger partial charge in [-0.2, -0.15) is 0 Å². The SMILES string of the molecule is O=C(c1ccc2c3c(cccc13)CC2)N1CCN(Cc2cccc3cccnc23)CC1. The van der Waals surface area contributed by atoms with Crippen molar-refractivity contribution in [2.45, 2.75) is 19.4 Å². The van der Waals surface area contributed by atoms with Crippen molar-refractivity contribution in [3.63, 3.8) is 0 Å². The van der Waals surface area contributed by atoms with Crippen LogP contribution in [-0.2, 0) is 19.4 Å². The van der Waals surface area contributed by atoms with E-state index in [0.29, 0.717) is 0 Å². The zero-order valence-corrected chi connectivity index (χ0v) is 17.6. The lowest BCUT2D eigenvalue weighted by Gasteiger charge is -2.35. The van der Waals surface area contributed by atoms with Crippen molar-refractivity contribution in [1.29, 1.82) is 0 Å². The van der Waals surface area contributed by atoms with Gasteiger partial charge >= 0.3 is 0 Å². The van der Waals surface area contributed by atoms with Gasteiger partial charge in [-0.05, 0) is 52.4 Å². The van der Waals surface area contributed by atoms with Gasteiger partial charge in [-0.25, -0.2) is 0 Å². The molecular weight excluding hydrogens is 382 g/mol. The number of nitrogens with zero attached hydrogens (tertiary/aromatic N) is 3. The number of benzene rings is 3. The summed E-state index contributed by atoms with van der Waals surface area (Å²) < 4.78 is 0. The topological polar surface area (TPSA) is 36.4 Å². The molecule has 4 heteroatoms. The van der Waals surface area contributed by atoms with Crippen LogP contribution in [0.3, 0.4) is 0 Å². The molecule has 0 unspecified atom stereocenters. The molecule has 1 aliphatic carbocycles. The van der Waals surface area contributed by atoms with Gasteiger partial charge in [0.15, 0.2) is 0 Å². The number of rotatable bonds is 3. The summed E-state index contributed by atoms with van der Waals surface area (Å²) in [4.78, 5) is 22.4. The number of pyridine rings is 1. The highest BCUT2D eigenvalue weighted by atomic mass is 16.2. The van der Waals surface area contributed by atoms with E-state index >= 15 is 0 Å². The molecule has 1 amide bonds. The van der Waals surface area contributed by atoms with Crippen LogP contribution in [0.15, 0.2) is 66.9 Å². The van der Waals surface area contributed by atoms with Crippen molar-refractivity contribution >= 4 is 27.6 Å². The lowest BCUT2D eigenvalue weighted by molar-refractivity contribution is 0.0631.